The Kier molecular flexibility index (Phi) is 11.5. The first-order valence-electron chi connectivity index (χ1n) is 15.5. The number of nitrogens with zero attached hydrogens (tertiary/aromatic N) is 4. The average Bonchev–Trinajstić information content (AvgIpc) is 3.52. The lowest BCUT2D eigenvalue weighted by molar-refractivity contribution is -0.130. The molecule has 48 heavy (non-hydrogen) atoms. The average molecular weight is 651 g/mol. The van der Waals surface area contributed by atoms with Crippen LogP contribution in [-0.2, 0) is 29.0 Å². The number of aliphatic hydroxyl groups excluding tert-OH is 1. The molecule has 0 unspecified atom stereocenters. The van der Waals surface area contributed by atoms with Crippen molar-refractivity contribution in [2.24, 2.45) is 10.1 Å². The van der Waals surface area contributed by atoms with Crippen LogP contribution >= 0.6 is 0 Å². The summed E-state index contributed by atoms with van der Waals surface area (Å²) in [5.74, 6) is 1.64. The first-order valence-corrected chi connectivity index (χ1v) is 15.5. The lowest BCUT2D eigenvalue weighted by Gasteiger charge is -2.31. The molecule has 1 aliphatic rings. The molecule has 1 heterocycles. The number of azide groups is 1. The molecular weight excluding hydrogens is 612 g/mol. The number of para-hydroxylation sites is 1. The summed E-state index contributed by atoms with van der Waals surface area (Å²) in [7, 11) is 3.13. The summed E-state index contributed by atoms with van der Waals surface area (Å²) in [5, 5.41) is 12.9. The monoisotopic (exact) mass is 650 g/mol. The van der Waals surface area contributed by atoms with Crippen LogP contribution in [0.3, 0.4) is 0 Å². The van der Waals surface area contributed by atoms with Gasteiger partial charge in [-0.1, -0.05) is 71.8 Å². The first kappa shape index (κ1) is 33.8. The number of benzene rings is 4. The van der Waals surface area contributed by atoms with E-state index in [0.717, 1.165) is 22.3 Å². The normalized spacial score (nSPS) is 16.6. The largest absolute Gasteiger partial charge is 0.494 e. The SMILES string of the molecule is COc1cccc(CNNC(=O)[C@@]2(Cc3ccccc3CN=[N+]=[N-])N=C(c3ccc(OCCCO)cc3)O[C@H]2c2ccccc2)c1OC. The van der Waals surface area contributed by atoms with E-state index in [4.69, 9.17) is 34.6 Å². The highest BCUT2D eigenvalue weighted by Gasteiger charge is 2.53. The number of rotatable bonds is 16. The van der Waals surface area contributed by atoms with Crippen LogP contribution in [0.1, 0.15) is 40.3 Å². The quantitative estimate of drug-likeness (QED) is 0.0468. The Hall–Kier alpha value is -5.55. The zero-order valence-corrected chi connectivity index (χ0v) is 26.8. The maximum Gasteiger partial charge on any atom is 0.266 e. The minimum absolute atomic E-state index is 0.0433. The Morgan fingerprint density at radius 2 is 1.69 bits per heavy atom. The molecular formula is C36H38N6O6. The summed E-state index contributed by atoms with van der Waals surface area (Å²) < 4.78 is 23.3. The van der Waals surface area contributed by atoms with E-state index in [1.54, 1.807) is 32.4 Å². The zero-order chi connectivity index (χ0) is 33.8. The van der Waals surface area contributed by atoms with E-state index in [-0.39, 0.29) is 26.1 Å². The van der Waals surface area contributed by atoms with Crippen LogP contribution in [0.5, 0.6) is 17.2 Å². The molecule has 0 saturated carbocycles. The topological polar surface area (TPSA) is 159 Å². The van der Waals surface area contributed by atoms with E-state index in [2.05, 4.69) is 20.9 Å². The number of carbonyl (C=O) groups is 1. The Labute approximate surface area is 278 Å². The van der Waals surface area contributed by atoms with Gasteiger partial charge in [-0.25, -0.2) is 10.4 Å². The molecule has 4 aromatic carbocycles. The van der Waals surface area contributed by atoms with Gasteiger partial charge in [-0.15, -0.1) is 0 Å². The van der Waals surface area contributed by atoms with Crippen molar-refractivity contribution in [2.75, 3.05) is 27.4 Å². The van der Waals surface area contributed by atoms with Crippen LogP contribution in [0.2, 0.25) is 0 Å². The molecule has 5 rings (SSSR count). The van der Waals surface area contributed by atoms with Crippen molar-refractivity contribution in [3.05, 3.63) is 135 Å². The maximum absolute atomic E-state index is 14.6. The van der Waals surface area contributed by atoms with Gasteiger partial charge in [0.1, 0.15) is 5.75 Å². The summed E-state index contributed by atoms with van der Waals surface area (Å²) in [6, 6.07) is 29.8. The second-order valence-electron chi connectivity index (χ2n) is 11.0. The Balaban J connectivity index is 1.54. The number of hydrogen-bond acceptors (Lipinski definition) is 9. The fourth-order valence-corrected chi connectivity index (χ4v) is 5.61. The van der Waals surface area contributed by atoms with Crippen molar-refractivity contribution in [1.82, 2.24) is 10.9 Å². The van der Waals surface area contributed by atoms with Gasteiger partial charge in [0.05, 0.1) is 27.4 Å². The molecule has 4 aromatic rings. The predicted molar refractivity (Wildman–Crippen MR) is 181 cm³/mol. The van der Waals surface area contributed by atoms with E-state index < -0.39 is 17.6 Å². The highest BCUT2D eigenvalue weighted by atomic mass is 16.5. The highest BCUT2D eigenvalue weighted by Crippen LogP contribution is 2.43. The summed E-state index contributed by atoms with van der Waals surface area (Å²) in [5.41, 5.74) is 17.3. The summed E-state index contributed by atoms with van der Waals surface area (Å²) in [4.78, 5) is 22.6. The minimum Gasteiger partial charge on any atom is -0.494 e. The van der Waals surface area contributed by atoms with Gasteiger partial charge in [-0.2, -0.15) is 0 Å². The lowest BCUT2D eigenvalue weighted by atomic mass is 9.81. The Morgan fingerprint density at radius 1 is 0.958 bits per heavy atom. The number of methoxy groups -OCH3 is 2. The number of aliphatic hydroxyl groups is 1. The zero-order valence-electron chi connectivity index (χ0n) is 26.8. The van der Waals surface area contributed by atoms with E-state index in [0.29, 0.717) is 41.7 Å². The van der Waals surface area contributed by atoms with E-state index >= 15 is 0 Å². The van der Waals surface area contributed by atoms with Crippen LogP contribution in [0.25, 0.3) is 10.4 Å². The second kappa shape index (κ2) is 16.3. The number of carbonyl (C=O) groups excluding carboxylic acids is 1. The first-order chi connectivity index (χ1) is 23.5. The van der Waals surface area contributed by atoms with Crippen LogP contribution in [0.4, 0.5) is 0 Å². The number of nitrogens with one attached hydrogen (secondary N) is 2. The van der Waals surface area contributed by atoms with E-state index in [1.165, 1.54) is 0 Å². The van der Waals surface area contributed by atoms with Gasteiger partial charge in [0, 0.05) is 42.0 Å². The van der Waals surface area contributed by atoms with Gasteiger partial charge in [-0.05, 0) is 52.6 Å². The van der Waals surface area contributed by atoms with E-state index in [9.17, 15) is 4.79 Å². The molecule has 248 valence electrons. The number of hydrazine groups is 1. The van der Waals surface area contributed by atoms with Crippen molar-refractivity contribution in [3.63, 3.8) is 0 Å². The molecule has 12 heteroatoms. The molecule has 1 amide bonds. The van der Waals surface area contributed by atoms with Gasteiger partial charge in [-0.3, -0.25) is 10.2 Å². The van der Waals surface area contributed by atoms with Crippen molar-refractivity contribution in [2.45, 2.75) is 37.6 Å². The number of aliphatic imine (C=N–C) groups is 1. The second-order valence-corrected chi connectivity index (χ2v) is 11.0. The fraction of sp³-hybridized carbons (Fsp3) is 0.278. The number of hydrogen-bond donors (Lipinski definition) is 3. The third-order valence-corrected chi connectivity index (χ3v) is 7.98. The van der Waals surface area contributed by atoms with Crippen LogP contribution in [0.15, 0.2) is 107 Å². The van der Waals surface area contributed by atoms with Crippen LogP contribution < -0.4 is 25.1 Å². The Bertz CT molecular complexity index is 1760. The molecule has 0 aromatic heterocycles. The molecule has 0 bridgehead atoms. The van der Waals surface area contributed by atoms with Crippen LogP contribution in [0, 0.1) is 0 Å². The van der Waals surface area contributed by atoms with Gasteiger partial charge < -0.3 is 24.1 Å². The van der Waals surface area contributed by atoms with Gasteiger partial charge in [0.25, 0.3) is 5.91 Å². The Morgan fingerprint density at radius 3 is 2.40 bits per heavy atom. The van der Waals surface area contributed by atoms with Gasteiger partial charge in [0.15, 0.2) is 23.1 Å². The summed E-state index contributed by atoms with van der Waals surface area (Å²) in [6.07, 6.45) is -0.144. The predicted octanol–water partition coefficient (Wildman–Crippen LogP) is 5.60. The van der Waals surface area contributed by atoms with Crippen molar-refractivity contribution in [3.8, 4) is 17.2 Å². The third kappa shape index (κ3) is 7.69. The molecule has 12 nitrogen and oxygen atoms in total. The van der Waals surface area contributed by atoms with Crippen molar-refractivity contribution < 1.29 is 28.8 Å². The molecule has 0 fully saturated rings. The molecule has 0 aliphatic carbocycles. The minimum atomic E-state index is -1.48. The molecule has 2 atom stereocenters. The summed E-state index contributed by atoms with van der Waals surface area (Å²) in [6.45, 7) is 0.780. The third-order valence-electron chi connectivity index (χ3n) is 7.98. The lowest BCUT2D eigenvalue weighted by Crippen LogP contribution is -2.53. The number of amides is 1. The van der Waals surface area contributed by atoms with E-state index in [1.807, 2.05) is 78.9 Å². The molecule has 0 radical (unpaired) electrons. The van der Waals surface area contributed by atoms with Crippen LogP contribution in [-0.4, -0.2) is 49.9 Å². The standard InChI is InChI=1S/C36H38N6O6/c1-45-31-15-8-14-29(32(31)46-2)24-38-41-35(44)36(22-27-12-6-7-13-28(27)23-39-42-37)33(25-10-4-3-5-11-25)48-34(40-36)26-16-18-30(19-17-26)47-21-9-20-43/h3-8,10-19,33,38,43H,9,20-24H2,1-2H3,(H,41,44)/t33-,36-/m0/s1. The molecule has 0 spiro atoms. The smallest absolute Gasteiger partial charge is 0.266 e. The number of ether oxygens (including phenoxy) is 4. The molecule has 1 aliphatic heterocycles. The van der Waals surface area contributed by atoms with Crippen molar-refractivity contribution in [1.29, 1.82) is 0 Å². The van der Waals surface area contributed by atoms with Crippen molar-refractivity contribution >= 4 is 11.8 Å². The fourth-order valence-electron chi connectivity index (χ4n) is 5.61. The molecule has 0 saturated heterocycles. The maximum atomic E-state index is 14.6. The van der Waals surface area contributed by atoms with Gasteiger partial charge >= 0.3 is 0 Å². The molecule has 3 N–H and O–H groups in total. The summed E-state index contributed by atoms with van der Waals surface area (Å²) >= 11 is 0. The highest BCUT2D eigenvalue weighted by molar-refractivity contribution is 6.01. The van der Waals surface area contributed by atoms with Gasteiger partial charge in [0.2, 0.25) is 5.90 Å².